The third-order valence-corrected chi connectivity index (χ3v) is 6.97. The van der Waals surface area contributed by atoms with Crippen LogP contribution in [0, 0.1) is 13.8 Å². The van der Waals surface area contributed by atoms with E-state index in [1.807, 2.05) is 55.6 Å². The molecule has 0 unspecified atom stereocenters. The summed E-state index contributed by atoms with van der Waals surface area (Å²) < 4.78 is 23.0. The Balaban J connectivity index is 1.43. The minimum atomic E-state index is -0.0740. The van der Waals surface area contributed by atoms with Crippen LogP contribution in [0.4, 0.5) is 0 Å². The number of rotatable bonds is 5. The highest BCUT2D eigenvalue weighted by Gasteiger charge is 2.35. The average Bonchev–Trinajstić information content (AvgIpc) is 3.37. The molecular formula is C26H25NO5S. The summed E-state index contributed by atoms with van der Waals surface area (Å²) in [5.74, 6) is 3.07. The number of ketones is 1. The van der Waals surface area contributed by atoms with Crippen molar-refractivity contribution in [2.75, 3.05) is 21.0 Å². The summed E-state index contributed by atoms with van der Waals surface area (Å²) in [5.41, 5.74) is 4.61. The lowest BCUT2D eigenvalue weighted by Gasteiger charge is -2.30. The van der Waals surface area contributed by atoms with Gasteiger partial charge in [0, 0.05) is 24.0 Å². The molecule has 0 N–H and O–H groups in total. The minimum Gasteiger partial charge on any atom is -0.493 e. The summed E-state index contributed by atoms with van der Waals surface area (Å²) in [5, 5.41) is 2.02. The van der Waals surface area contributed by atoms with Crippen molar-refractivity contribution < 1.29 is 23.7 Å². The molecule has 7 heteroatoms. The Morgan fingerprint density at radius 1 is 1.09 bits per heavy atom. The van der Waals surface area contributed by atoms with E-state index < -0.39 is 0 Å². The molecule has 33 heavy (non-hydrogen) atoms. The fourth-order valence-corrected chi connectivity index (χ4v) is 5.11. The number of hydrogen-bond donors (Lipinski definition) is 0. The van der Waals surface area contributed by atoms with Crippen molar-refractivity contribution in [3.05, 3.63) is 74.2 Å². The second-order valence-corrected chi connectivity index (χ2v) is 9.18. The van der Waals surface area contributed by atoms with E-state index >= 15 is 0 Å². The topological polar surface area (TPSA) is 57.2 Å². The van der Waals surface area contributed by atoms with Crippen molar-refractivity contribution in [2.45, 2.75) is 26.9 Å². The lowest BCUT2D eigenvalue weighted by atomic mass is 9.98. The van der Waals surface area contributed by atoms with Crippen molar-refractivity contribution >= 4 is 23.2 Å². The van der Waals surface area contributed by atoms with Gasteiger partial charge >= 0.3 is 0 Å². The molecule has 1 aromatic heterocycles. The molecular weight excluding hydrogens is 438 g/mol. The zero-order chi connectivity index (χ0) is 23.1. The molecule has 0 aliphatic carbocycles. The van der Waals surface area contributed by atoms with Crippen molar-refractivity contribution in [2.24, 2.45) is 0 Å². The van der Waals surface area contributed by atoms with Crippen LogP contribution in [-0.4, -0.2) is 31.6 Å². The van der Waals surface area contributed by atoms with Crippen LogP contribution in [-0.2, 0) is 13.1 Å². The number of benzene rings is 2. The molecule has 3 aromatic rings. The largest absolute Gasteiger partial charge is 0.493 e. The van der Waals surface area contributed by atoms with Gasteiger partial charge in [0.2, 0.25) is 5.78 Å². The summed E-state index contributed by atoms with van der Waals surface area (Å²) in [6.07, 6.45) is 1.85. The van der Waals surface area contributed by atoms with Gasteiger partial charge in [0.25, 0.3) is 0 Å². The number of thiophene rings is 1. The number of nitrogens with zero attached hydrogens (tertiary/aromatic N) is 1. The molecule has 170 valence electrons. The molecule has 0 spiro atoms. The Labute approximate surface area is 197 Å². The molecule has 6 nitrogen and oxygen atoms in total. The lowest BCUT2D eigenvalue weighted by Crippen LogP contribution is -2.31. The van der Waals surface area contributed by atoms with Gasteiger partial charge < -0.3 is 18.9 Å². The van der Waals surface area contributed by atoms with E-state index in [2.05, 4.69) is 4.90 Å². The van der Waals surface area contributed by atoms with Crippen LogP contribution in [0.2, 0.25) is 0 Å². The van der Waals surface area contributed by atoms with Gasteiger partial charge in [-0.2, -0.15) is 0 Å². The SMILES string of the molecule is COc1ccc(CN2COc3cc(C)c4c(c3C2)O/C(=C\c2sccc2C)C4=O)cc1OC. The van der Waals surface area contributed by atoms with Gasteiger partial charge in [-0.25, -0.2) is 0 Å². The van der Waals surface area contributed by atoms with Gasteiger partial charge in [-0.3, -0.25) is 9.69 Å². The Morgan fingerprint density at radius 3 is 2.64 bits per heavy atom. The number of aryl methyl sites for hydroxylation is 2. The number of allylic oxidation sites excluding steroid dienone is 1. The zero-order valence-electron chi connectivity index (χ0n) is 19.1. The summed E-state index contributed by atoms with van der Waals surface area (Å²) in [6.45, 7) is 5.69. The van der Waals surface area contributed by atoms with E-state index in [0.717, 1.165) is 32.9 Å². The van der Waals surface area contributed by atoms with Crippen LogP contribution < -0.4 is 18.9 Å². The van der Waals surface area contributed by atoms with Crippen LogP contribution in [0.25, 0.3) is 6.08 Å². The predicted molar refractivity (Wildman–Crippen MR) is 127 cm³/mol. The van der Waals surface area contributed by atoms with Gasteiger partial charge in [0.15, 0.2) is 17.3 Å². The predicted octanol–water partition coefficient (Wildman–Crippen LogP) is 5.35. The smallest absolute Gasteiger partial charge is 0.232 e. The van der Waals surface area contributed by atoms with Gasteiger partial charge in [0.05, 0.1) is 25.3 Å². The maximum absolute atomic E-state index is 13.2. The van der Waals surface area contributed by atoms with E-state index in [0.29, 0.717) is 48.4 Å². The van der Waals surface area contributed by atoms with E-state index in [-0.39, 0.29) is 5.78 Å². The van der Waals surface area contributed by atoms with Crippen molar-refractivity contribution in [1.82, 2.24) is 4.90 Å². The number of carbonyl (C=O) groups excluding carboxylic acids is 1. The molecule has 3 heterocycles. The first-order valence-electron chi connectivity index (χ1n) is 10.7. The maximum atomic E-state index is 13.2. The van der Waals surface area contributed by atoms with E-state index in [4.69, 9.17) is 18.9 Å². The monoisotopic (exact) mass is 463 g/mol. The molecule has 2 aliphatic rings. The summed E-state index contributed by atoms with van der Waals surface area (Å²) in [7, 11) is 3.25. The quantitative estimate of drug-likeness (QED) is 0.476. The number of fused-ring (bicyclic) bond motifs is 3. The molecule has 0 saturated carbocycles. The molecule has 2 aliphatic heterocycles. The number of ether oxygens (including phenoxy) is 4. The summed E-state index contributed by atoms with van der Waals surface area (Å²) >= 11 is 1.60. The highest BCUT2D eigenvalue weighted by Crippen LogP contribution is 2.44. The summed E-state index contributed by atoms with van der Waals surface area (Å²) in [6, 6.07) is 9.87. The molecule has 0 saturated heterocycles. The van der Waals surface area contributed by atoms with Gasteiger partial charge in [-0.1, -0.05) is 6.07 Å². The first-order chi connectivity index (χ1) is 16.0. The molecule has 0 atom stereocenters. The first-order valence-corrected chi connectivity index (χ1v) is 11.6. The van der Waals surface area contributed by atoms with Crippen LogP contribution in [0.15, 0.2) is 41.5 Å². The maximum Gasteiger partial charge on any atom is 0.232 e. The van der Waals surface area contributed by atoms with E-state index in [1.54, 1.807) is 25.6 Å². The van der Waals surface area contributed by atoms with E-state index in [9.17, 15) is 4.79 Å². The molecule has 0 amide bonds. The van der Waals surface area contributed by atoms with Crippen LogP contribution in [0.5, 0.6) is 23.0 Å². The molecule has 2 aromatic carbocycles. The third-order valence-electron chi connectivity index (χ3n) is 6.01. The average molecular weight is 464 g/mol. The fourth-order valence-electron chi connectivity index (χ4n) is 4.27. The highest BCUT2D eigenvalue weighted by atomic mass is 32.1. The van der Waals surface area contributed by atoms with Crippen molar-refractivity contribution in [3.8, 4) is 23.0 Å². The van der Waals surface area contributed by atoms with Crippen molar-refractivity contribution in [3.63, 3.8) is 0 Å². The Kier molecular flexibility index (Phi) is 5.60. The van der Waals surface area contributed by atoms with Gasteiger partial charge in [0.1, 0.15) is 18.2 Å². The van der Waals surface area contributed by atoms with Gasteiger partial charge in [-0.05, 0) is 60.2 Å². The Morgan fingerprint density at radius 2 is 1.91 bits per heavy atom. The Hall–Kier alpha value is -3.29. The standard InChI is InChI=1S/C26H25NO5S/c1-15-7-8-33-23(15)11-22-25(28)24-16(2)9-20-18(26(24)32-22)13-27(14-31-20)12-17-5-6-19(29-3)21(10-17)30-4/h5-11H,12-14H2,1-4H3/b22-11-. The molecule has 0 fully saturated rings. The normalized spacial score (nSPS) is 16.2. The van der Waals surface area contributed by atoms with Crippen LogP contribution >= 0.6 is 11.3 Å². The second kappa shape index (κ2) is 8.57. The third kappa shape index (κ3) is 3.87. The van der Waals surface area contributed by atoms with E-state index in [1.165, 1.54) is 0 Å². The van der Waals surface area contributed by atoms with Crippen LogP contribution in [0.1, 0.15) is 37.5 Å². The highest BCUT2D eigenvalue weighted by molar-refractivity contribution is 7.11. The fraction of sp³-hybridized carbons (Fsp3) is 0.269. The second-order valence-electron chi connectivity index (χ2n) is 8.23. The molecule has 0 bridgehead atoms. The summed E-state index contributed by atoms with van der Waals surface area (Å²) in [4.78, 5) is 16.4. The Bertz CT molecular complexity index is 1280. The van der Waals surface area contributed by atoms with Crippen molar-refractivity contribution in [1.29, 1.82) is 0 Å². The zero-order valence-corrected chi connectivity index (χ0v) is 19.9. The molecule has 0 radical (unpaired) electrons. The minimum absolute atomic E-state index is 0.0740. The lowest BCUT2D eigenvalue weighted by molar-refractivity contribution is 0.0871. The van der Waals surface area contributed by atoms with Crippen LogP contribution in [0.3, 0.4) is 0 Å². The number of hydrogen-bond acceptors (Lipinski definition) is 7. The van der Waals surface area contributed by atoms with Gasteiger partial charge in [-0.15, -0.1) is 11.3 Å². The number of methoxy groups -OCH3 is 2. The number of carbonyl (C=O) groups is 1. The first kappa shape index (κ1) is 21.6. The molecule has 5 rings (SSSR count). The number of Topliss-reactive ketones (excluding diaryl/α,β-unsaturated/α-hetero) is 1.